The molecule has 4 nitrogen and oxygen atoms in total. The molecule has 0 aromatic heterocycles. The minimum Gasteiger partial charge on any atom is -0.481 e. The van der Waals surface area contributed by atoms with E-state index < -0.39 is 18.9 Å². The molecule has 0 aromatic carbocycles. The van der Waals surface area contributed by atoms with Gasteiger partial charge in [-0.15, -0.1) is 0 Å². The third-order valence-corrected chi connectivity index (χ3v) is 2.88. The van der Waals surface area contributed by atoms with Gasteiger partial charge in [-0.2, -0.15) is 0 Å². The molecule has 92 valence electrons. The third kappa shape index (κ3) is 3.75. The van der Waals surface area contributed by atoms with Gasteiger partial charge in [0.15, 0.2) is 0 Å². The van der Waals surface area contributed by atoms with Crippen molar-refractivity contribution in [2.24, 2.45) is 11.8 Å². The van der Waals surface area contributed by atoms with Gasteiger partial charge in [0.05, 0.1) is 12.5 Å². The van der Waals surface area contributed by atoms with Crippen molar-refractivity contribution in [1.29, 1.82) is 0 Å². The van der Waals surface area contributed by atoms with E-state index in [0.29, 0.717) is 25.7 Å². The molecule has 1 aliphatic carbocycles. The highest BCUT2D eigenvalue weighted by molar-refractivity contribution is 5.79. The number of aliphatic carboxylic acids is 1. The molecule has 1 fully saturated rings. The predicted molar refractivity (Wildman–Crippen MR) is 52.1 cm³/mol. The topological polar surface area (TPSA) is 66.4 Å². The average Bonchev–Trinajstić information content (AvgIpc) is 2.26. The molecule has 0 heterocycles. The summed E-state index contributed by atoms with van der Waals surface area (Å²) in [6.45, 7) is -0.627. The molecule has 0 aromatic rings. The summed E-state index contributed by atoms with van der Waals surface area (Å²) in [7, 11) is 0. The van der Waals surface area contributed by atoms with Crippen molar-refractivity contribution in [1.82, 2.24) is 5.32 Å². The number of alkyl halides is 2. The van der Waals surface area contributed by atoms with E-state index in [4.69, 9.17) is 5.11 Å². The lowest BCUT2D eigenvalue weighted by Crippen LogP contribution is -2.36. The summed E-state index contributed by atoms with van der Waals surface area (Å²) in [6, 6.07) is 0. The van der Waals surface area contributed by atoms with E-state index in [1.165, 1.54) is 0 Å². The first-order valence-corrected chi connectivity index (χ1v) is 5.29. The standard InChI is InChI=1S/C10H15F2NO3/c11-8(12)5-13-9(14)6-1-3-7(4-2-6)10(15)16/h6-8H,1-5H2,(H,13,14)(H,15,16). The first-order valence-electron chi connectivity index (χ1n) is 5.29. The van der Waals surface area contributed by atoms with Gasteiger partial charge in [0, 0.05) is 5.92 Å². The van der Waals surface area contributed by atoms with Crippen LogP contribution in [0.4, 0.5) is 8.78 Å². The smallest absolute Gasteiger partial charge is 0.306 e. The second-order valence-corrected chi connectivity index (χ2v) is 4.02. The van der Waals surface area contributed by atoms with Crippen LogP contribution in [0.25, 0.3) is 0 Å². The molecule has 0 bridgehead atoms. The maximum absolute atomic E-state index is 11.8. The van der Waals surface area contributed by atoms with Crippen molar-refractivity contribution in [2.45, 2.75) is 32.1 Å². The van der Waals surface area contributed by atoms with Gasteiger partial charge < -0.3 is 10.4 Å². The molecular formula is C10H15F2NO3. The van der Waals surface area contributed by atoms with Crippen LogP contribution >= 0.6 is 0 Å². The van der Waals surface area contributed by atoms with Gasteiger partial charge in [-0.25, -0.2) is 8.78 Å². The van der Waals surface area contributed by atoms with E-state index in [1.54, 1.807) is 0 Å². The Kier molecular flexibility index (Phi) is 4.64. The summed E-state index contributed by atoms with van der Waals surface area (Å²) in [4.78, 5) is 22.0. The van der Waals surface area contributed by atoms with Crippen LogP contribution in [-0.4, -0.2) is 30.0 Å². The zero-order valence-corrected chi connectivity index (χ0v) is 8.79. The molecule has 0 unspecified atom stereocenters. The van der Waals surface area contributed by atoms with Gasteiger partial charge in [-0.1, -0.05) is 0 Å². The van der Waals surface area contributed by atoms with E-state index in [2.05, 4.69) is 5.32 Å². The lowest BCUT2D eigenvalue weighted by atomic mass is 9.81. The molecule has 6 heteroatoms. The Hall–Kier alpha value is -1.20. The number of carbonyl (C=O) groups is 2. The number of carbonyl (C=O) groups excluding carboxylic acids is 1. The van der Waals surface area contributed by atoms with Crippen LogP contribution in [-0.2, 0) is 9.59 Å². The highest BCUT2D eigenvalue weighted by Gasteiger charge is 2.29. The maximum Gasteiger partial charge on any atom is 0.306 e. The number of nitrogens with one attached hydrogen (secondary N) is 1. The van der Waals surface area contributed by atoms with Crippen LogP contribution < -0.4 is 5.32 Å². The second-order valence-electron chi connectivity index (χ2n) is 4.02. The molecule has 1 rings (SSSR count). The quantitative estimate of drug-likeness (QED) is 0.770. The molecule has 0 saturated heterocycles. The summed E-state index contributed by atoms with van der Waals surface area (Å²) in [5, 5.41) is 10.9. The lowest BCUT2D eigenvalue weighted by molar-refractivity contribution is -0.144. The minimum absolute atomic E-state index is 0.311. The van der Waals surface area contributed by atoms with Gasteiger partial charge in [0.25, 0.3) is 6.43 Å². The summed E-state index contributed by atoms with van der Waals surface area (Å²) in [5.74, 6) is -1.93. The monoisotopic (exact) mass is 235 g/mol. The molecule has 1 saturated carbocycles. The first kappa shape index (κ1) is 12.9. The summed E-state index contributed by atoms with van der Waals surface area (Å²) < 4.78 is 23.7. The zero-order chi connectivity index (χ0) is 12.1. The molecule has 1 amide bonds. The zero-order valence-electron chi connectivity index (χ0n) is 8.79. The van der Waals surface area contributed by atoms with Gasteiger partial charge >= 0.3 is 5.97 Å². The Morgan fingerprint density at radius 3 is 2.12 bits per heavy atom. The molecule has 1 aliphatic rings. The minimum atomic E-state index is -2.54. The highest BCUT2D eigenvalue weighted by Crippen LogP contribution is 2.28. The molecule has 2 N–H and O–H groups in total. The van der Waals surface area contributed by atoms with Crippen molar-refractivity contribution >= 4 is 11.9 Å². The number of halogens is 2. The molecule has 0 aliphatic heterocycles. The molecule has 0 radical (unpaired) electrons. The fourth-order valence-corrected chi connectivity index (χ4v) is 1.92. The predicted octanol–water partition coefficient (Wildman–Crippen LogP) is 1.26. The van der Waals surface area contributed by atoms with Crippen molar-refractivity contribution in [3.8, 4) is 0 Å². The largest absolute Gasteiger partial charge is 0.481 e. The average molecular weight is 235 g/mol. The van der Waals surface area contributed by atoms with Crippen LogP contribution in [0, 0.1) is 11.8 Å². The number of rotatable bonds is 4. The SMILES string of the molecule is O=C(O)C1CCC(C(=O)NCC(F)F)CC1. The Morgan fingerprint density at radius 2 is 1.69 bits per heavy atom. The van der Waals surface area contributed by atoms with Gasteiger partial charge in [-0.3, -0.25) is 9.59 Å². The number of carboxylic acids is 1. The molecule has 0 spiro atoms. The van der Waals surface area contributed by atoms with Crippen LogP contribution in [0.5, 0.6) is 0 Å². The Balaban J connectivity index is 2.30. The van der Waals surface area contributed by atoms with Crippen LogP contribution in [0.3, 0.4) is 0 Å². The molecule has 0 atom stereocenters. The van der Waals surface area contributed by atoms with Crippen LogP contribution in [0.15, 0.2) is 0 Å². The Labute approximate surface area is 92.0 Å². The number of carboxylic acid groups (broad SMARTS) is 1. The number of hydrogen-bond acceptors (Lipinski definition) is 2. The van der Waals surface area contributed by atoms with Crippen LogP contribution in [0.1, 0.15) is 25.7 Å². The van der Waals surface area contributed by atoms with E-state index in [-0.39, 0.29) is 17.7 Å². The van der Waals surface area contributed by atoms with Crippen molar-refractivity contribution in [3.05, 3.63) is 0 Å². The number of hydrogen-bond donors (Lipinski definition) is 2. The molecular weight excluding hydrogens is 220 g/mol. The Bertz CT molecular complexity index is 263. The second kappa shape index (κ2) is 5.77. The van der Waals surface area contributed by atoms with E-state index in [0.717, 1.165) is 0 Å². The van der Waals surface area contributed by atoms with Crippen molar-refractivity contribution < 1.29 is 23.5 Å². The Morgan fingerprint density at radius 1 is 1.19 bits per heavy atom. The van der Waals surface area contributed by atoms with Crippen LogP contribution in [0.2, 0.25) is 0 Å². The highest BCUT2D eigenvalue weighted by atomic mass is 19.3. The summed E-state index contributed by atoms with van der Waals surface area (Å²) >= 11 is 0. The van der Waals surface area contributed by atoms with Crippen molar-refractivity contribution in [3.63, 3.8) is 0 Å². The normalized spacial score (nSPS) is 25.4. The van der Waals surface area contributed by atoms with E-state index in [9.17, 15) is 18.4 Å². The van der Waals surface area contributed by atoms with E-state index in [1.807, 2.05) is 0 Å². The maximum atomic E-state index is 11.8. The third-order valence-electron chi connectivity index (χ3n) is 2.88. The fourth-order valence-electron chi connectivity index (χ4n) is 1.92. The van der Waals surface area contributed by atoms with Gasteiger partial charge in [-0.05, 0) is 25.7 Å². The van der Waals surface area contributed by atoms with Gasteiger partial charge in [0.1, 0.15) is 0 Å². The summed E-state index contributed by atoms with van der Waals surface area (Å²) in [5.41, 5.74) is 0. The van der Waals surface area contributed by atoms with Crippen molar-refractivity contribution in [2.75, 3.05) is 6.54 Å². The lowest BCUT2D eigenvalue weighted by Gasteiger charge is -2.25. The first-order chi connectivity index (χ1) is 7.50. The molecule has 16 heavy (non-hydrogen) atoms. The number of amides is 1. The fraction of sp³-hybridized carbons (Fsp3) is 0.800. The van der Waals surface area contributed by atoms with E-state index >= 15 is 0 Å². The van der Waals surface area contributed by atoms with Gasteiger partial charge in [0.2, 0.25) is 5.91 Å². The summed E-state index contributed by atoms with van der Waals surface area (Å²) in [6.07, 6.45) is -0.721.